The molecule has 0 unspecified atom stereocenters. The van der Waals surface area contributed by atoms with Gasteiger partial charge < -0.3 is 10.0 Å². The molecule has 1 aromatic rings. The third-order valence-electron chi connectivity index (χ3n) is 1.41. The number of halogens is 1. The van der Waals surface area contributed by atoms with Crippen molar-refractivity contribution in [2.45, 2.75) is 0 Å². The van der Waals surface area contributed by atoms with E-state index in [4.69, 9.17) is 26.9 Å². The number of benzene rings is 1. The summed E-state index contributed by atoms with van der Waals surface area (Å²) in [5.74, 6) is 0. The van der Waals surface area contributed by atoms with Crippen LogP contribution in [-0.4, -0.2) is 17.2 Å². The molecule has 0 spiro atoms. The molecule has 0 fully saturated rings. The summed E-state index contributed by atoms with van der Waals surface area (Å²) in [5, 5.41) is 26.2. The average Bonchev–Trinajstić information content (AvgIpc) is 2.04. The molecule has 0 amide bonds. The molecule has 0 aliphatic carbocycles. The number of rotatable bonds is 1. The maximum Gasteiger partial charge on any atom is 0.488 e. The SMILES string of the molecule is N#Cc1ccc(B(O)O)cc1Cl. The number of hydrogen-bond acceptors (Lipinski definition) is 3. The van der Waals surface area contributed by atoms with Crippen molar-refractivity contribution in [3.8, 4) is 6.07 Å². The van der Waals surface area contributed by atoms with E-state index >= 15 is 0 Å². The van der Waals surface area contributed by atoms with Gasteiger partial charge in [-0.15, -0.1) is 0 Å². The molecule has 0 bridgehead atoms. The van der Waals surface area contributed by atoms with E-state index in [0.717, 1.165) is 0 Å². The molecule has 0 saturated carbocycles. The van der Waals surface area contributed by atoms with Gasteiger partial charge in [0.2, 0.25) is 0 Å². The van der Waals surface area contributed by atoms with Gasteiger partial charge in [0.1, 0.15) is 6.07 Å². The molecule has 0 heterocycles. The lowest BCUT2D eigenvalue weighted by atomic mass is 9.80. The molecule has 0 saturated heterocycles. The van der Waals surface area contributed by atoms with Crippen molar-refractivity contribution in [2.24, 2.45) is 0 Å². The lowest BCUT2D eigenvalue weighted by Gasteiger charge is -1.99. The van der Waals surface area contributed by atoms with E-state index in [2.05, 4.69) is 0 Å². The van der Waals surface area contributed by atoms with E-state index in [9.17, 15) is 0 Å². The minimum absolute atomic E-state index is 0.225. The number of nitrogens with zero attached hydrogens (tertiary/aromatic N) is 1. The highest BCUT2D eigenvalue weighted by molar-refractivity contribution is 6.59. The Bertz CT molecular complexity index is 335. The summed E-state index contributed by atoms with van der Waals surface area (Å²) >= 11 is 5.63. The van der Waals surface area contributed by atoms with Crippen LogP contribution in [0.15, 0.2) is 18.2 Å². The van der Waals surface area contributed by atoms with Crippen LogP contribution in [0.4, 0.5) is 0 Å². The van der Waals surface area contributed by atoms with Gasteiger partial charge in [0.25, 0.3) is 0 Å². The predicted molar refractivity (Wildman–Crippen MR) is 46.0 cm³/mol. The van der Waals surface area contributed by atoms with Gasteiger partial charge in [0.05, 0.1) is 10.6 Å². The lowest BCUT2D eigenvalue weighted by Crippen LogP contribution is -2.29. The fraction of sp³-hybridized carbons (Fsp3) is 0. The third kappa shape index (κ3) is 1.77. The smallest absolute Gasteiger partial charge is 0.423 e. The fourth-order valence-electron chi connectivity index (χ4n) is 0.783. The van der Waals surface area contributed by atoms with Gasteiger partial charge in [0, 0.05) is 0 Å². The standard InChI is InChI=1S/C7H5BClNO2/c9-7-3-6(8(11)12)2-1-5(7)4-10/h1-3,11-12H. The summed E-state index contributed by atoms with van der Waals surface area (Å²) < 4.78 is 0. The van der Waals surface area contributed by atoms with Gasteiger partial charge in [-0.05, 0) is 17.6 Å². The maximum atomic E-state index is 8.73. The Balaban J connectivity index is 3.12. The highest BCUT2D eigenvalue weighted by Crippen LogP contribution is 2.11. The predicted octanol–water partition coefficient (Wildman–Crippen LogP) is -0.109. The fourth-order valence-corrected chi connectivity index (χ4v) is 1.01. The Morgan fingerprint density at radius 1 is 1.42 bits per heavy atom. The van der Waals surface area contributed by atoms with Gasteiger partial charge in [0.15, 0.2) is 0 Å². The average molecular weight is 181 g/mol. The Morgan fingerprint density at radius 3 is 2.50 bits per heavy atom. The molecule has 0 aliphatic heterocycles. The minimum Gasteiger partial charge on any atom is -0.423 e. The van der Waals surface area contributed by atoms with Crippen molar-refractivity contribution < 1.29 is 10.0 Å². The van der Waals surface area contributed by atoms with Crippen molar-refractivity contribution in [2.75, 3.05) is 0 Å². The molecule has 60 valence electrons. The molecule has 0 aromatic heterocycles. The summed E-state index contributed by atoms with van der Waals surface area (Å²) in [6, 6.07) is 6.10. The number of nitriles is 1. The van der Waals surface area contributed by atoms with E-state index in [1.165, 1.54) is 18.2 Å². The monoisotopic (exact) mass is 181 g/mol. The summed E-state index contributed by atoms with van der Waals surface area (Å²) in [7, 11) is -1.55. The van der Waals surface area contributed by atoms with Crippen LogP contribution >= 0.6 is 11.6 Å². The molecule has 0 radical (unpaired) electrons. The first-order valence-corrected chi connectivity index (χ1v) is 3.58. The molecule has 3 nitrogen and oxygen atoms in total. The first kappa shape index (κ1) is 9.08. The van der Waals surface area contributed by atoms with Gasteiger partial charge in [-0.3, -0.25) is 0 Å². The van der Waals surface area contributed by atoms with E-state index < -0.39 is 7.12 Å². The summed E-state index contributed by atoms with van der Waals surface area (Å²) in [6.45, 7) is 0. The first-order chi connectivity index (χ1) is 5.65. The third-order valence-corrected chi connectivity index (χ3v) is 1.72. The van der Waals surface area contributed by atoms with Crippen LogP contribution in [-0.2, 0) is 0 Å². The summed E-state index contributed by atoms with van der Waals surface area (Å²) in [5.41, 5.74) is 0.597. The van der Waals surface area contributed by atoms with Crippen LogP contribution in [0.3, 0.4) is 0 Å². The molecule has 0 aliphatic rings. The van der Waals surface area contributed by atoms with Gasteiger partial charge in [-0.25, -0.2) is 0 Å². The quantitative estimate of drug-likeness (QED) is 0.594. The van der Waals surface area contributed by atoms with E-state index in [0.29, 0.717) is 5.56 Å². The zero-order chi connectivity index (χ0) is 9.14. The molecule has 5 heteroatoms. The zero-order valence-electron chi connectivity index (χ0n) is 6.03. The number of hydrogen-bond donors (Lipinski definition) is 2. The molecule has 12 heavy (non-hydrogen) atoms. The van der Waals surface area contributed by atoms with E-state index in [-0.39, 0.29) is 10.5 Å². The second-order valence-electron chi connectivity index (χ2n) is 2.22. The molecule has 2 N–H and O–H groups in total. The van der Waals surface area contributed by atoms with Gasteiger partial charge in [-0.2, -0.15) is 5.26 Å². The molecule has 1 rings (SSSR count). The van der Waals surface area contributed by atoms with Gasteiger partial charge >= 0.3 is 7.12 Å². The van der Waals surface area contributed by atoms with Crippen LogP contribution in [0.2, 0.25) is 5.02 Å². The van der Waals surface area contributed by atoms with Crippen LogP contribution < -0.4 is 5.46 Å². The van der Waals surface area contributed by atoms with E-state index in [1.807, 2.05) is 6.07 Å². The minimum atomic E-state index is -1.55. The lowest BCUT2D eigenvalue weighted by molar-refractivity contribution is 0.426. The summed E-state index contributed by atoms with van der Waals surface area (Å²) in [6.07, 6.45) is 0. The Hall–Kier alpha value is -1.02. The van der Waals surface area contributed by atoms with Crippen LogP contribution in [0.1, 0.15) is 5.56 Å². The highest BCUT2D eigenvalue weighted by Gasteiger charge is 2.11. The maximum absolute atomic E-state index is 8.73. The topological polar surface area (TPSA) is 64.2 Å². The van der Waals surface area contributed by atoms with Crippen molar-refractivity contribution in [1.82, 2.24) is 0 Å². The van der Waals surface area contributed by atoms with Crippen molar-refractivity contribution in [1.29, 1.82) is 5.26 Å². The van der Waals surface area contributed by atoms with Crippen LogP contribution in [0.5, 0.6) is 0 Å². The highest BCUT2D eigenvalue weighted by atomic mass is 35.5. The molecular weight excluding hydrogens is 176 g/mol. The van der Waals surface area contributed by atoms with Crippen LogP contribution in [0, 0.1) is 11.3 Å². The Labute approximate surface area is 75.0 Å². The normalized spacial score (nSPS) is 9.17. The Kier molecular flexibility index (Phi) is 2.72. The van der Waals surface area contributed by atoms with Crippen molar-refractivity contribution >= 4 is 24.2 Å². The second kappa shape index (κ2) is 3.59. The first-order valence-electron chi connectivity index (χ1n) is 3.21. The molecule has 1 aromatic carbocycles. The van der Waals surface area contributed by atoms with Crippen molar-refractivity contribution in [3.05, 3.63) is 28.8 Å². The molecular formula is C7H5BClNO2. The summed E-state index contributed by atoms with van der Waals surface area (Å²) in [4.78, 5) is 0. The second-order valence-corrected chi connectivity index (χ2v) is 2.63. The van der Waals surface area contributed by atoms with E-state index in [1.54, 1.807) is 0 Å². The van der Waals surface area contributed by atoms with Crippen molar-refractivity contribution in [3.63, 3.8) is 0 Å². The van der Waals surface area contributed by atoms with Crippen LogP contribution in [0.25, 0.3) is 0 Å². The largest absolute Gasteiger partial charge is 0.488 e. The Morgan fingerprint density at radius 2 is 2.08 bits per heavy atom. The van der Waals surface area contributed by atoms with Gasteiger partial charge in [-0.1, -0.05) is 17.7 Å². The zero-order valence-corrected chi connectivity index (χ0v) is 6.78. The molecule has 0 atom stereocenters.